The van der Waals surface area contributed by atoms with Crippen LogP contribution in [-0.2, 0) is 16.6 Å². The third-order valence-corrected chi connectivity index (χ3v) is 3.54. The molecule has 0 spiro atoms. The molecule has 0 radical (unpaired) electrons. The standard InChI is InChI=1S/C13H15N3O2S/c1-10-3-2-4-13(16-10)15-9-11-5-7-12(8-6-11)19(14,17)18/h2-8H,9H2,1H3,(H,15,16)(H2,14,17,18). The SMILES string of the molecule is Cc1cccc(NCc2ccc(S(N)(=O)=O)cc2)n1. The first kappa shape index (κ1) is 13.5. The van der Waals surface area contributed by atoms with Gasteiger partial charge in [0.1, 0.15) is 5.82 Å². The van der Waals surface area contributed by atoms with Crippen LogP contribution in [0.1, 0.15) is 11.3 Å². The van der Waals surface area contributed by atoms with Gasteiger partial charge in [-0.1, -0.05) is 18.2 Å². The van der Waals surface area contributed by atoms with E-state index in [9.17, 15) is 8.42 Å². The minimum absolute atomic E-state index is 0.116. The maximum absolute atomic E-state index is 11.1. The van der Waals surface area contributed by atoms with E-state index in [4.69, 9.17) is 5.14 Å². The lowest BCUT2D eigenvalue weighted by Crippen LogP contribution is -2.12. The van der Waals surface area contributed by atoms with E-state index in [2.05, 4.69) is 10.3 Å². The zero-order valence-corrected chi connectivity index (χ0v) is 11.3. The Bertz CT molecular complexity index is 667. The molecule has 6 heteroatoms. The molecule has 5 nitrogen and oxygen atoms in total. The minimum Gasteiger partial charge on any atom is -0.366 e. The number of aryl methyl sites for hydroxylation is 1. The van der Waals surface area contributed by atoms with Crippen molar-refractivity contribution in [1.29, 1.82) is 0 Å². The summed E-state index contributed by atoms with van der Waals surface area (Å²) >= 11 is 0. The Hall–Kier alpha value is -1.92. The summed E-state index contributed by atoms with van der Waals surface area (Å²) in [6.45, 7) is 2.49. The van der Waals surface area contributed by atoms with Gasteiger partial charge in [-0.05, 0) is 36.8 Å². The van der Waals surface area contributed by atoms with Gasteiger partial charge in [-0.15, -0.1) is 0 Å². The molecule has 2 rings (SSSR count). The van der Waals surface area contributed by atoms with Gasteiger partial charge in [0.15, 0.2) is 0 Å². The molecule has 0 atom stereocenters. The van der Waals surface area contributed by atoms with Gasteiger partial charge in [-0.3, -0.25) is 0 Å². The molecule has 19 heavy (non-hydrogen) atoms. The molecule has 0 fully saturated rings. The summed E-state index contributed by atoms with van der Waals surface area (Å²) in [5.74, 6) is 0.788. The number of anilines is 1. The van der Waals surface area contributed by atoms with Crippen molar-refractivity contribution in [3.63, 3.8) is 0 Å². The summed E-state index contributed by atoms with van der Waals surface area (Å²) < 4.78 is 22.2. The zero-order valence-electron chi connectivity index (χ0n) is 10.5. The minimum atomic E-state index is -3.63. The Kier molecular flexibility index (Phi) is 3.82. The number of hydrogen-bond acceptors (Lipinski definition) is 4. The maximum atomic E-state index is 11.1. The molecule has 0 bridgehead atoms. The molecule has 1 aromatic carbocycles. The van der Waals surface area contributed by atoms with Crippen LogP contribution in [0.15, 0.2) is 47.4 Å². The number of rotatable bonds is 4. The first-order chi connectivity index (χ1) is 8.95. The summed E-state index contributed by atoms with van der Waals surface area (Å²) in [6, 6.07) is 12.2. The highest BCUT2D eigenvalue weighted by Gasteiger charge is 2.06. The van der Waals surface area contributed by atoms with Gasteiger partial charge >= 0.3 is 0 Å². The molecule has 0 saturated carbocycles. The summed E-state index contributed by atoms with van der Waals surface area (Å²) in [4.78, 5) is 4.43. The van der Waals surface area contributed by atoms with Gasteiger partial charge in [0.05, 0.1) is 4.90 Å². The average molecular weight is 277 g/mol. The molecule has 0 saturated heterocycles. The fourth-order valence-electron chi connectivity index (χ4n) is 1.63. The van der Waals surface area contributed by atoms with Gasteiger partial charge in [0.25, 0.3) is 0 Å². The summed E-state index contributed by atoms with van der Waals surface area (Å²) in [5, 5.41) is 8.20. The number of nitrogens with two attached hydrogens (primary N) is 1. The van der Waals surface area contributed by atoms with Crippen LogP contribution in [0, 0.1) is 6.92 Å². The number of pyridine rings is 1. The van der Waals surface area contributed by atoms with E-state index < -0.39 is 10.0 Å². The van der Waals surface area contributed by atoms with Gasteiger partial charge in [0.2, 0.25) is 10.0 Å². The van der Waals surface area contributed by atoms with E-state index in [0.717, 1.165) is 17.1 Å². The van der Waals surface area contributed by atoms with Crippen molar-refractivity contribution in [2.45, 2.75) is 18.4 Å². The summed E-state index contributed by atoms with van der Waals surface area (Å²) in [5.41, 5.74) is 1.89. The van der Waals surface area contributed by atoms with Crippen LogP contribution in [0.4, 0.5) is 5.82 Å². The van der Waals surface area contributed by atoms with Gasteiger partial charge < -0.3 is 5.32 Å². The summed E-state index contributed by atoms with van der Waals surface area (Å²) in [6.07, 6.45) is 0. The Morgan fingerprint density at radius 3 is 2.42 bits per heavy atom. The average Bonchev–Trinajstić information content (AvgIpc) is 2.36. The van der Waals surface area contributed by atoms with Gasteiger partial charge in [-0.2, -0.15) is 0 Å². The monoisotopic (exact) mass is 277 g/mol. The highest BCUT2D eigenvalue weighted by atomic mass is 32.2. The maximum Gasteiger partial charge on any atom is 0.238 e. The lowest BCUT2D eigenvalue weighted by molar-refractivity contribution is 0.598. The molecule has 1 heterocycles. The van der Waals surface area contributed by atoms with Crippen LogP contribution >= 0.6 is 0 Å². The highest BCUT2D eigenvalue weighted by molar-refractivity contribution is 7.89. The Morgan fingerprint density at radius 1 is 1.16 bits per heavy atom. The third-order valence-electron chi connectivity index (χ3n) is 2.61. The van der Waals surface area contributed by atoms with Crippen LogP contribution in [0.5, 0.6) is 0 Å². The van der Waals surface area contributed by atoms with Crippen LogP contribution in [0.2, 0.25) is 0 Å². The summed E-state index contributed by atoms with van der Waals surface area (Å²) in [7, 11) is -3.63. The largest absolute Gasteiger partial charge is 0.366 e. The molecule has 2 aromatic rings. The number of sulfonamides is 1. The first-order valence-electron chi connectivity index (χ1n) is 5.74. The molecule has 0 unspecified atom stereocenters. The molecular weight excluding hydrogens is 262 g/mol. The van der Waals surface area contributed by atoms with Crippen molar-refractivity contribution in [2.24, 2.45) is 5.14 Å². The molecule has 100 valence electrons. The van der Waals surface area contributed by atoms with E-state index in [1.165, 1.54) is 12.1 Å². The Labute approximate surface area is 112 Å². The van der Waals surface area contributed by atoms with Crippen LogP contribution in [-0.4, -0.2) is 13.4 Å². The number of nitrogens with zero attached hydrogens (tertiary/aromatic N) is 1. The van der Waals surface area contributed by atoms with Crippen molar-refractivity contribution >= 4 is 15.8 Å². The normalized spacial score (nSPS) is 11.3. The van der Waals surface area contributed by atoms with Gasteiger partial charge in [0, 0.05) is 12.2 Å². The van der Waals surface area contributed by atoms with Crippen LogP contribution < -0.4 is 10.5 Å². The van der Waals surface area contributed by atoms with E-state index in [1.807, 2.05) is 25.1 Å². The second kappa shape index (κ2) is 5.38. The first-order valence-corrected chi connectivity index (χ1v) is 7.29. The second-order valence-corrected chi connectivity index (χ2v) is 5.77. The van der Waals surface area contributed by atoms with Gasteiger partial charge in [-0.25, -0.2) is 18.5 Å². The van der Waals surface area contributed by atoms with E-state index in [0.29, 0.717) is 6.54 Å². The molecule has 0 aliphatic carbocycles. The highest BCUT2D eigenvalue weighted by Crippen LogP contribution is 2.11. The lowest BCUT2D eigenvalue weighted by Gasteiger charge is -2.07. The molecule has 1 aromatic heterocycles. The molecule has 3 N–H and O–H groups in total. The molecule has 0 aliphatic rings. The van der Waals surface area contributed by atoms with Crippen molar-refractivity contribution in [1.82, 2.24) is 4.98 Å². The van der Waals surface area contributed by atoms with Crippen LogP contribution in [0.3, 0.4) is 0 Å². The van der Waals surface area contributed by atoms with Crippen molar-refractivity contribution in [3.8, 4) is 0 Å². The van der Waals surface area contributed by atoms with Crippen molar-refractivity contribution < 1.29 is 8.42 Å². The Morgan fingerprint density at radius 2 is 1.84 bits per heavy atom. The topological polar surface area (TPSA) is 85.1 Å². The predicted octanol–water partition coefficient (Wildman–Crippen LogP) is 1.65. The smallest absolute Gasteiger partial charge is 0.238 e. The quantitative estimate of drug-likeness (QED) is 0.889. The van der Waals surface area contributed by atoms with E-state index in [1.54, 1.807) is 12.1 Å². The van der Waals surface area contributed by atoms with Crippen LogP contribution in [0.25, 0.3) is 0 Å². The number of primary sulfonamides is 1. The number of aromatic nitrogens is 1. The Balaban J connectivity index is 2.05. The number of nitrogens with one attached hydrogen (secondary N) is 1. The molecule has 0 amide bonds. The zero-order chi connectivity index (χ0) is 13.9. The molecule has 0 aliphatic heterocycles. The van der Waals surface area contributed by atoms with E-state index in [-0.39, 0.29) is 4.90 Å². The number of hydrogen-bond donors (Lipinski definition) is 2. The third kappa shape index (κ3) is 3.77. The molecular formula is C13H15N3O2S. The van der Waals surface area contributed by atoms with Crippen molar-refractivity contribution in [3.05, 3.63) is 53.7 Å². The van der Waals surface area contributed by atoms with E-state index >= 15 is 0 Å². The predicted molar refractivity (Wildman–Crippen MR) is 74.1 cm³/mol. The fraction of sp³-hybridized carbons (Fsp3) is 0.154. The second-order valence-electron chi connectivity index (χ2n) is 4.21. The fourth-order valence-corrected chi connectivity index (χ4v) is 2.15. The van der Waals surface area contributed by atoms with Crippen molar-refractivity contribution in [2.75, 3.05) is 5.32 Å². The number of benzene rings is 1. The lowest BCUT2D eigenvalue weighted by atomic mass is 10.2.